The number of thioether (sulfide) groups is 1. The standard InChI is InChI=1S/C21H32O7S/c1-13(9-21(12-22)7-6-8-29-21)10-23-16-15(14-11-24-19(2,3)26-14)25-18-17(16)27-20(4,5)28-18/h12,14-18H,1,6-11H2,2-5H3/t14-,15+,16-,17+,18+,21-/m1/s1. The van der Waals surface area contributed by atoms with E-state index < -0.39 is 17.9 Å². The molecule has 4 heterocycles. The first kappa shape index (κ1) is 21.7. The largest absolute Gasteiger partial charge is 0.368 e. The van der Waals surface area contributed by atoms with Crippen LogP contribution in [0, 0.1) is 0 Å². The normalized spacial score (nSPS) is 42.8. The van der Waals surface area contributed by atoms with Crippen LogP contribution in [0.25, 0.3) is 0 Å². The van der Waals surface area contributed by atoms with Gasteiger partial charge in [-0.3, -0.25) is 0 Å². The van der Waals surface area contributed by atoms with Gasteiger partial charge in [-0.2, -0.15) is 0 Å². The lowest BCUT2D eigenvalue weighted by molar-refractivity contribution is -0.235. The van der Waals surface area contributed by atoms with Crippen LogP contribution in [0.4, 0.5) is 0 Å². The van der Waals surface area contributed by atoms with Crippen LogP contribution in [0.5, 0.6) is 0 Å². The maximum Gasteiger partial charge on any atom is 0.190 e. The number of hydrogen-bond donors (Lipinski definition) is 0. The molecule has 0 amide bonds. The summed E-state index contributed by atoms with van der Waals surface area (Å²) >= 11 is 1.72. The number of carbonyl (C=O) groups is 1. The molecule has 6 atom stereocenters. The smallest absolute Gasteiger partial charge is 0.190 e. The molecule has 8 heteroatoms. The fraction of sp³-hybridized carbons (Fsp3) is 0.857. The van der Waals surface area contributed by atoms with Crippen molar-refractivity contribution in [3.63, 3.8) is 0 Å². The predicted octanol–water partition coefficient (Wildman–Crippen LogP) is 2.81. The molecule has 0 aromatic rings. The molecule has 4 rings (SSSR count). The van der Waals surface area contributed by atoms with Crippen molar-refractivity contribution in [2.45, 2.75) is 94.0 Å². The minimum absolute atomic E-state index is 0.268. The molecule has 0 aromatic carbocycles. The zero-order chi connectivity index (χ0) is 20.9. The van der Waals surface area contributed by atoms with Crippen LogP contribution in [-0.4, -0.2) is 72.3 Å². The van der Waals surface area contributed by atoms with Crippen molar-refractivity contribution in [2.24, 2.45) is 0 Å². The number of aldehydes is 1. The Bertz CT molecular complexity index is 643. The second-order valence-electron chi connectivity index (χ2n) is 9.27. The van der Waals surface area contributed by atoms with E-state index in [0.29, 0.717) is 19.6 Å². The fourth-order valence-electron chi connectivity index (χ4n) is 4.55. The Morgan fingerprint density at radius 3 is 2.59 bits per heavy atom. The molecule has 0 bridgehead atoms. The predicted molar refractivity (Wildman–Crippen MR) is 108 cm³/mol. The van der Waals surface area contributed by atoms with Gasteiger partial charge in [0.1, 0.15) is 30.7 Å². The summed E-state index contributed by atoms with van der Waals surface area (Å²) in [7, 11) is 0. The second-order valence-corrected chi connectivity index (χ2v) is 10.8. The third-order valence-corrected chi connectivity index (χ3v) is 7.31. The van der Waals surface area contributed by atoms with Gasteiger partial charge in [0, 0.05) is 0 Å². The van der Waals surface area contributed by atoms with Crippen molar-refractivity contribution in [1.82, 2.24) is 0 Å². The van der Waals surface area contributed by atoms with Crippen LogP contribution in [0.1, 0.15) is 47.0 Å². The molecular formula is C21H32O7S. The van der Waals surface area contributed by atoms with E-state index in [4.69, 9.17) is 28.4 Å². The van der Waals surface area contributed by atoms with Crippen LogP contribution in [-0.2, 0) is 33.2 Å². The van der Waals surface area contributed by atoms with Crippen LogP contribution in [0.15, 0.2) is 12.2 Å². The van der Waals surface area contributed by atoms with E-state index in [1.807, 2.05) is 27.7 Å². The van der Waals surface area contributed by atoms with Gasteiger partial charge in [0.25, 0.3) is 0 Å². The average molecular weight is 429 g/mol. The highest BCUT2D eigenvalue weighted by molar-refractivity contribution is 8.01. The van der Waals surface area contributed by atoms with Gasteiger partial charge >= 0.3 is 0 Å². The van der Waals surface area contributed by atoms with Gasteiger partial charge in [-0.25, -0.2) is 0 Å². The van der Waals surface area contributed by atoms with Crippen molar-refractivity contribution >= 4 is 18.0 Å². The van der Waals surface area contributed by atoms with E-state index in [1.54, 1.807) is 11.8 Å². The van der Waals surface area contributed by atoms with Crippen LogP contribution in [0.2, 0.25) is 0 Å². The maximum absolute atomic E-state index is 11.6. The van der Waals surface area contributed by atoms with Crippen molar-refractivity contribution in [3.8, 4) is 0 Å². The molecule has 4 aliphatic rings. The number of rotatable bonds is 7. The summed E-state index contributed by atoms with van der Waals surface area (Å²) in [5.41, 5.74) is 0.899. The first-order valence-electron chi connectivity index (χ1n) is 10.3. The van der Waals surface area contributed by atoms with Gasteiger partial charge in [-0.1, -0.05) is 12.2 Å². The lowest BCUT2D eigenvalue weighted by Crippen LogP contribution is -2.44. The molecule has 0 spiro atoms. The van der Waals surface area contributed by atoms with Crippen LogP contribution in [0.3, 0.4) is 0 Å². The van der Waals surface area contributed by atoms with Gasteiger partial charge in [0.2, 0.25) is 0 Å². The molecule has 0 unspecified atom stereocenters. The SMILES string of the molecule is C=C(CO[C@H]1[C@@H]2OC(C)(C)O[C@@H]2O[C@H]1[C@H]1COC(C)(C)O1)C[C@@]1(C=O)CCCS1. The summed E-state index contributed by atoms with van der Waals surface area (Å²) in [4.78, 5) is 11.6. The summed E-state index contributed by atoms with van der Waals surface area (Å²) < 4.78 is 35.8. The summed E-state index contributed by atoms with van der Waals surface area (Å²) in [6.45, 7) is 12.4. The minimum Gasteiger partial charge on any atom is -0.368 e. The molecule has 0 saturated carbocycles. The summed E-state index contributed by atoms with van der Waals surface area (Å²) in [5.74, 6) is -0.367. The second kappa shape index (κ2) is 7.89. The number of ether oxygens (including phenoxy) is 6. The lowest BCUT2D eigenvalue weighted by atomic mass is 9.96. The molecule has 0 aliphatic carbocycles. The zero-order valence-electron chi connectivity index (χ0n) is 17.7. The lowest BCUT2D eigenvalue weighted by Gasteiger charge is -2.30. The van der Waals surface area contributed by atoms with E-state index >= 15 is 0 Å². The Kier molecular flexibility index (Phi) is 5.92. The van der Waals surface area contributed by atoms with E-state index in [9.17, 15) is 4.79 Å². The summed E-state index contributed by atoms with van der Waals surface area (Å²) in [6.07, 6.45) is 1.81. The topological polar surface area (TPSA) is 72.5 Å². The highest BCUT2D eigenvalue weighted by Gasteiger charge is 2.59. The third kappa shape index (κ3) is 4.59. The fourth-order valence-corrected chi connectivity index (χ4v) is 5.91. The van der Waals surface area contributed by atoms with Gasteiger partial charge < -0.3 is 33.2 Å². The molecule has 164 valence electrons. The number of fused-ring (bicyclic) bond motifs is 1. The maximum atomic E-state index is 11.6. The van der Waals surface area contributed by atoms with Crippen molar-refractivity contribution < 1.29 is 33.2 Å². The molecule has 7 nitrogen and oxygen atoms in total. The highest BCUT2D eigenvalue weighted by Crippen LogP contribution is 2.43. The van der Waals surface area contributed by atoms with Crippen molar-refractivity contribution in [3.05, 3.63) is 12.2 Å². The Hall–Kier alpha value is -0.480. The molecule has 0 radical (unpaired) electrons. The summed E-state index contributed by atoms with van der Waals surface area (Å²) in [5, 5.41) is 0. The average Bonchev–Trinajstić information content (AvgIpc) is 3.36. The van der Waals surface area contributed by atoms with Crippen molar-refractivity contribution in [2.75, 3.05) is 19.0 Å². The van der Waals surface area contributed by atoms with Crippen molar-refractivity contribution in [1.29, 1.82) is 0 Å². The Balaban J connectivity index is 1.42. The zero-order valence-corrected chi connectivity index (χ0v) is 18.5. The van der Waals surface area contributed by atoms with Gasteiger partial charge in [0.15, 0.2) is 17.9 Å². The minimum atomic E-state index is -0.729. The molecule has 4 fully saturated rings. The first-order chi connectivity index (χ1) is 13.6. The monoisotopic (exact) mass is 428 g/mol. The Labute approximate surface area is 176 Å². The van der Waals surface area contributed by atoms with Gasteiger partial charge in [0.05, 0.1) is 18.0 Å². The van der Waals surface area contributed by atoms with E-state index in [-0.39, 0.29) is 29.2 Å². The first-order valence-corrected chi connectivity index (χ1v) is 11.3. The molecule has 0 N–H and O–H groups in total. The van der Waals surface area contributed by atoms with Gasteiger partial charge in [-0.15, -0.1) is 11.8 Å². The third-order valence-electron chi connectivity index (χ3n) is 5.80. The van der Waals surface area contributed by atoms with E-state index in [1.165, 1.54) is 0 Å². The Morgan fingerprint density at radius 1 is 1.17 bits per heavy atom. The highest BCUT2D eigenvalue weighted by atomic mass is 32.2. The Morgan fingerprint density at radius 2 is 1.97 bits per heavy atom. The van der Waals surface area contributed by atoms with Gasteiger partial charge in [-0.05, 0) is 52.7 Å². The number of carbonyl (C=O) groups excluding carboxylic acids is 1. The molecular weight excluding hydrogens is 396 g/mol. The number of hydrogen-bond acceptors (Lipinski definition) is 8. The summed E-state index contributed by atoms with van der Waals surface area (Å²) in [6, 6.07) is 0. The molecule has 4 aliphatic heterocycles. The van der Waals surface area contributed by atoms with Crippen LogP contribution >= 0.6 is 11.8 Å². The molecule has 29 heavy (non-hydrogen) atoms. The molecule has 4 saturated heterocycles. The molecule has 0 aromatic heterocycles. The van der Waals surface area contributed by atoms with Crippen LogP contribution < -0.4 is 0 Å². The van der Waals surface area contributed by atoms with E-state index in [2.05, 4.69) is 6.58 Å². The van der Waals surface area contributed by atoms with E-state index in [0.717, 1.165) is 30.5 Å². The quantitative estimate of drug-likeness (QED) is 0.453.